The summed E-state index contributed by atoms with van der Waals surface area (Å²) in [5, 5.41) is 7.30. The van der Waals surface area contributed by atoms with Crippen molar-refractivity contribution < 1.29 is 32.2 Å². The van der Waals surface area contributed by atoms with E-state index in [4.69, 9.17) is 10.3 Å². The minimum absolute atomic E-state index is 0. The number of nitrogens with two attached hydrogens (primary N) is 1. The summed E-state index contributed by atoms with van der Waals surface area (Å²) in [5.74, 6) is -2.95. The molecule has 1 aromatic rings. The van der Waals surface area contributed by atoms with Crippen LogP contribution in [0, 0.1) is 0 Å². The Kier molecular flexibility index (Phi) is 7.92. The molecule has 0 aliphatic carbocycles. The Balaban J connectivity index is 0.00000392. The van der Waals surface area contributed by atoms with Crippen LogP contribution in [0.4, 0.5) is 5.13 Å². The van der Waals surface area contributed by atoms with Gasteiger partial charge in [-0.2, -0.15) is 12.7 Å². The van der Waals surface area contributed by atoms with Crippen molar-refractivity contribution in [2.75, 3.05) is 26.9 Å². The molecule has 1 aromatic heterocycles. The molecule has 0 bridgehead atoms. The van der Waals surface area contributed by atoms with Crippen molar-refractivity contribution in [3.8, 4) is 0 Å². The zero-order chi connectivity index (χ0) is 20.5. The van der Waals surface area contributed by atoms with Crippen molar-refractivity contribution in [1.29, 1.82) is 0 Å². The molecule has 2 unspecified atom stereocenters. The van der Waals surface area contributed by atoms with Crippen LogP contribution in [0.1, 0.15) is 5.69 Å². The molecule has 1 saturated heterocycles. The normalized spacial score (nSPS) is 19.4. The number of hydrogen-bond acceptors (Lipinski definition) is 10. The number of thiazole rings is 1. The van der Waals surface area contributed by atoms with Crippen LogP contribution in [-0.4, -0.2) is 113 Å². The molecule has 1 aliphatic heterocycles. The molecule has 150 valence electrons. The van der Waals surface area contributed by atoms with Crippen LogP contribution in [-0.2, 0) is 29.5 Å². The van der Waals surface area contributed by atoms with Crippen LogP contribution in [0.5, 0.6) is 0 Å². The van der Waals surface area contributed by atoms with E-state index in [1.165, 1.54) is 26.6 Å². The molecule has 2 heterocycles. The Morgan fingerprint density at radius 3 is 2.50 bits per heavy atom. The molecule has 0 spiro atoms. The first-order valence-corrected chi connectivity index (χ1v) is 9.42. The van der Waals surface area contributed by atoms with Crippen molar-refractivity contribution in [3.05, 3.63) is 11.1 Å². The van der Waals surface area contributed by atoms with Gasteiger partial charge in [-0.15, -0.1) is 11.3 Å². The van der Waals surface area contributed by atoms with Crippen LogP contribution < -0.4 is 11.1 Å². The number of oxime groups is 1. The number of amides is 3. The zero-order valence-electron chi connectivity index (χ0n) is 14.3. The Morgan fingerprint density at radius 1 is 1.46 bits per heavy atom. The number of anilines is 1. The van der Waals surface area contributed by atoms with Crippen molar-refractivity contribution in [1.82, 2.24) is 19.5 Å². The van der Waals surface area contributed by atoms with Crippen LogP contribution in [0.15, 0.2) is 10.5 Å². The van der Waals surface area contributed by atoms with Crippen LogP contribution >= 0.6 is 11.3 Å². The standard InChI is InChI=1S/C12H16N6O7S2.Na.H/c1-17(2)11(21)8-7(10(20)18(8)27(22,23)24)15-9(19)6(16-25-3)5-4-26-12(13)14-5;;/h4,7-8H,1-3H3,(H2,13,14)(H,15,19)(H,22,23,24);;/b16-6-;;. The average Bonchev–Trinajstić information content (AvgIpc) is 2.98. The molecule has 0 saturated carbocycles. The zero-order valence-corrected chi connectivity index (χ0v) is 15.9. The SMILES string of the molecule is CO/N=C(\C(=O)NC1C(=O)N(S(=O)(=O)O)C1C(=O)N(C)C)c1csc(N)n1.[NaH]. The summed E-state index contributed by atoms with van der Waals surface area (Å²) in [6.45, 7) is 0. The first-order valence-electron chi connectivity index (χ1n) is 7.14. The molecule has 0 radical (unpaired) electrons. The summed E-state index contributed by atoms with van der Waals surface area (Å²) in [7, 11) is -1.17. The predicted molar refractivity (Wildman–Crippen MR) is 100 cm³/mol. The van der Waals surface area contributed by atoms with Crippen molar-refractivity contribution >= 4 is 79.8 Å². The predicted octanol–water partition coefficient (Wildman–Crippen LogP) is -2.99. The average molecular weight is 444 g/mol. The van der Waals surface area contributed by atoms with Gasteiger partial charge >= 0.3 is 39.9 Å². The van der Waals surface area contributed by atoms with Gasteiger partial charge < -0.3 is 20.8 Å². The Morgan fingerprint density at radius 2 is 2.07 bits per heavy atom. The van der Waals surface area contributed by atoms with E-state index in [1.54, 1.807) is 0 Å². The third kappa shape index (κ3) is 4.79. The molecule has 28 heavy (non-hydrogen) atoms. The fraction of sp³-hybridized carbons (Fsp3) is 0.417. The van der Waals surface area contributed by atoms with E-state index in [0.717, 1.165) is 16.2 Å². The topological polar surface area (TPSA) is 185 Å². The van der Waals surface area contributed by atoms with Crippen LogP contribution in [0.3, 0.4) is 0 Å². The molecule has 1 aliphatic rings. The van der Waals surface area contributed by atoms with Gasteiger partial charge in [0.2, 0.25) is 5.91 Å². The van der Waals surface area contributed by atoms with Gasteiger partial charge in [0.15, 0.2) is 16.9 Å². The van der Waals surface area contributed by atoms with E-state index in [-0.39, 0.29) is 50.4 Å². The molecule has 4 N–H and O–H groups in total. The van der Waals surface area contributed by atoms with E-state index in [1.807, 2.05) is 0 Å². The number of rotatable bonds is 6. The first-order chi connectivity index (χ1) is 12.5. The van der Waals surface area contributed by atoms with E-state index >= 15 is 0 Å². The number of aromatic nitrogens is 1. The molecule has 16 heteroatoms. The third-order valence-electron chi connectivity index (χ3n) is 3.44. The number of likely N-dealkylation sites (N-methyl/N-ethyl adjacent to an activating group) is 1. The minimum atomic E-state index is -4.99. The fourth-order valence-electron chi connectivity index (χ4n) is 2.27. The number of nitrogen functional groups attached to an aromatic ring is 1. The van der Waals surface area contributed by atoms with Gasteiger partial charge in [-0.3, -0.25) is 18.9 Å². The summed E-state index contributed by atoms with van der Waals surface area (Å²) < 4.78 is 31.9. The molecule has 2 rings (SSSR count). The van der Waals surface area contributed by atoms with Crippen molar-refractivity contribution in [3.63, 3.8) is 0 Å². The molecule has 1 fully saturated rings. The van der Waals surface area contributed by atoms with Gasteiger partial charge in [-0.25, -0.2) is 4.98 Å². The number of carbonyl (C=O) groups is 3. The summed E-state index contributed by atoms with van der Waals surface area (Å²) in [6, 6.07) is -3.18. The Hall–Kier alpha value is -1.78. The number of hydrogen-bond donors (Lipinski definition) is 3. The quantitative estimate of drug-likeness (QED) is 0.135. The molecule has 13 nitrogen and oxygen atoms in total. The van der Waals surface area contributed by atoms with E-state index < -0.39 is 40.1 Å². The molecule has 0 aromatic carbocycles. The van der Waals surface area contributed by atoms with E-state index in [2.05, 4.69) is 20.3 Å². The fourth-order valence-corrected chi connectivity index (χ4v) is 3.66. The van der Waals surface area contributed by atoms with Gasteiger partial charge in [0, 0.05) is 19.5 Å². The summed E-state index contributed by atoms with van der Waals surface area (Å²) in [4.78, 5) is 46.3. The maximum absolute atomic E-state index is 12.5. The first kappa shape index (κ1) is 24.3. The number of β-lactam (4-membered cyclic amide) rings is 1. The number of nitrogens with one attached hydrogen (secondary N) is 1. The second kappa shape index (κ2) is 9.15. The van der Waals surface area contributed by atoms with Gasteiger partial charge in [0.1, 0.15) is 18.8 Å². The second-order valence-corrected chi connectivity index (χ2v) is 7.61. The van der Waals surface area contributed by atoms with Crippen molar-refractivity contribution in [2.24, 2.45) is 5.16 Å². The molecule has 2 atom stereocenters. The van der Waals surface area contributed by atoms with Crippen LogP contribution in [0.2, 0.25) is 0 Å². The van der Waals surface area contributed by atoms with Gasteiger partial charge in [0.25, 0.3) is 11.8 Å². The van der Waals surface area contributed by atoms with Crippen molar-refractivity contribution in [2.45, 2.75) is 12.1 Å². The van der Waals surface area contributed by atoms with E-state index in [0.29, 0.717) is 0 Å². The number of nitrogens with zero attached hydrogens (tertiary/aromatic N) is 4. The summed E-state index contributed by atoms with van der Waals surface area (Å²) in [6.07, 6.45) is 0. The Labute approximate surface area is 186 Å². The monoisotopic (exact) mass is 444 g/mol. The van der Waals surface area contributed by atoms with E-state index in [9.17, 15) is 22.8 Å². The van der Waals surface area contributed by atoms with Gasteiger partial charge in [-0.05, 0) is 0 Å². The summed E-state index contributed by atoms with van der Waals surface area (Å²) >= 11 is 1.03. The molecular weight excluding hydrogens is 427 g/mol. The van der Waals surface area contributed by atoms with Crippen LogP contribution in [0.25, 0.3) is 0 Å². The second-order valence-electron chi connectivity index (χ2n) is 5.43. The van der Waals surface area contributed by atoms with Gasteiger partial charge in [-0.1, -0.05) is 5.16 Å². The van der Waals surface area contributed by atoms with Gasteiger partial charge in [0.05, 0.1) is 0 Å². The molecular formula is C12H17N6NaO7S2. The number of carbonyl (C=O) groups excluding carboxylic acids is 3. The Bertz CT molecular complexity index is 915. The molecule has 3 amide bonds. The maximum atomic E-state index is 12.5. The summed E-state index contributed by atoms with van der Waals surface area (Å²) in [5.41, 5.74) is 5.24. The third-order valence-corrected chi connectivity index (χ3v) is 5.02.